The van der Waals surface area contributed by atoms with Crippen LogP contribution >= 0.6 is 36.4 Å². The van der Waals surface area contributed by atoms with Gasteiger partial charge in [0.15, 0.2) is 0 Å². The molecule has 0 saturated carbocycles. The van der Waals surface area contributed by atoms with E-state index in [-0.39, 0.29) is 30.7 Å². The predicted molar refractivity (Wildman–Crippen MR) is 92.1 cm³/mol. The number of hydrogen-bond acceptors (Lipinski definition) is 3. The second-order valence-electron chi connectivity index (χ2n) is 4.29. The van der Waals surface area contributed by atoms with E-state index in [4.69, 9.17) is 11.6 Å². The van der Waals surface area contributed by atoms with Crippen LogP contribution in [0.4, 0.5) is 11.4 Å². The van der Waals surface area contributed by atoms with E-state index in [9.17, 15) is 4.79 Å². The van der Waals surface area contributed by atoms with Crippen LogP contribution < -0.4 is 15.5 Å². The van der Waals surface area contributed by atoms with Crippen LogP contribution in [-0.4, -0.2) is 33.6 Å². The molecule has 0 aliphatic heterocycles. The van der Waals surface area contributed by atoms with Crippen LogP contribution in [-0.2, 0) is 4.79 Å². The van der Waals surface area contributed by atoms with Gasteiger partial charge in [0, 0.05) is 20.5 Å². The van der Waals surface area contributed by atoms with Gasteiger partial charge < -0.3 is 15.5 Å². The van der Waals surface area contributed by atoms with Crippen molar-refractivity contribution in [1.82, 2.24) is 5.32 Å². The maximum absolute atomic E-state index is 11.8. The minimum absolute atomic E-state index is 0. The Bertz CT molecular complexity index is 414. The van der Waals surface area contributed by atoms with Crippen LogP contribution in [0.15, 0.2) is 18.2 Å². The van der Waals surface area contributed by atoms with E-state index in [1.54, 1.807) is 0 Å². The number of anilines is 2. The topological polar surface area (TPSA) is 44.4 Å². The first-order valence-electron chi connectivity index (χ1n) is 5.96. The van der Waals surface area contributed by atoms with Crippen molar-refractivity contribution in [3.63, 3.8) is 0 Å². The number of carbonyl (C=O) groups excluding carboxylic acids is 1. The normalized spacial score (nSPS) is 9.20. The monoisotopic (exact) mass is 341 g/mol. The quantitative estimate of drug-likeness (QED) is 0.780. The van der Waals surface area contributed by atoms with Crippen molar-refractivity contribution < 1.29 is 4.79 Å². The Hall–Kier alpha value is -0.680. The van der Waals surface area contributed by atoms with Gasteiger partial charge in [0.1, 0.15) is 0 Å². The number of amides is 1. The van der Waals surface area contributed by atoms with Crippen molar-refractivity contribution >= 4 is 53.7 Å². The van der Waals surface area contributed by atoms with E-state index in [1.165, 1.54) is 0 Å². The van der Waals surface area contributed by atoms with Gasteiger partial charge in [-0.05, 0) is 32.1 Å². The fourth-order valence-electron chi connectivity index (χ4n) is 1.71. The third kappa shape index (κ3) is 6.66. The summed E-state index contributed by atoms with van der Waals surface area (Å²) in [6, 6.07) is 5.50. The number of hydrogen-bond donors (Lipinski definition) is 2. The molecule has 7 heteroatoms. The molecule has 116 valence electrons. The highest BCUT2D eigenvalue weighted by molar-refractivity contribution is 6.34. The molecular formula is C13H22Cl3N3O. The summed E-state index contributed by atoms with van der Waals surface area (Å²) in [6.07, 6.45) is 1.32. The van der Waals surface area contributed by atoms with Crippen LogP contribution in [0.1, 0.15) is 12.8 Å². The van der Waals surface area contributed by atoms with Gasteiger partial charge in [-0.15, -0.1) is 24.8 Å². The van der Waals surface area contributed by atoms with Crippen LogP contribution in [0.5, 0.6) is 0 Å². The summed E-state index contributed by atoms with van der Waals surface area (Å²) < 4.78 is 0. The van der Waals surface area contributed by atoms with Gasteiger partial charge >= 0.3 is 0 Å². The van der Waals surface area contributed by atoms with E-state index in [2.05, 4.69) is 10.6 Å². The van der Waals surface area contributed by atoms with E-state index in [0.29, 0.717) is 11.4 Å². The Morgan fingerprint density at radius 1 is 1.30 bits per heavy atom. The fourth-order valence-corrected chi connectivity index (χ4v) is 2.05. The lowest BCUT2D eigenvalue weighted by Crippen LogP contribution is -2.18. The second-order valence-corrected chi connectivity index (χ2v) is 4.69. The molecule has 0 saturated heterocycles. The number of nitrogens with one attached hydrogen (secondary N) is 2. The van der Waals surface area contributed by atoms with E-state index in [0.717, 1.165) is 24.3 Å². The molecule has 0 heterocycles. The first-order chi connectivity index (χ1) is 8.56. The van der Waals surface area contributed by atoms with Crippen molar-refractivity contribution in [2.45, 2.75) is 12.8 Å². The summed E-state index contributed by atoms with van der Waals surface area (Å²) in [6.45, 7) is 0.837. The second kappa shape index (κ2) is 11.0. The van der Waals surface area contributed by atoms with Crippen LogP contribution in [0.25, 0.3) is 0 Å². The van der Waals surface area contributed by atoms with E-state index < -0.39 is 0 Å². The minimum Gasteiger partial charge on any atom is -0.375 e. The van der Waals surface area contributed by atoms with Gasteiger partial charge in [-0.1, -0.05) is 17.7 Å². The molecule has 0 aliphatic rings. The first-order valence-corrected chi connectivity index (χ1v) is 6.34. The van der Waals surface area contributed by atoms with Crippen LogP contribution in [0.2, 0.25) is 5.02 Å². The SMILES string of the molecule is CNCCCC(=O)Nc1cccc(Cl)c1N(C)C.Cl.Cl. The molecule has 0 aliphatic carbocycles. The van der Waals surface area contributed by atoms with Gasteiger partial charge in [0.2, 0.25) is 5.91 Å². The highest BCUT2D eigenvalue weighted by Gasteiger charge is 2.11. The minimum atomic E-state index is 0. The molecule has 0 aromatic heterocycles. The largest absolute Gasteiger partial charge is 0.375 e. The fraction of sp³-hybridized carbons (Fsp3) is 0.462. The Morgan fingerprint density at radius 2 is 1.95 bits per heavy atom. The zero-order valence-corrected chi connectivity index (χ0v) is 14.3. The predicted octanol–water partition coefficient (Wildman–Crippen LogP) is 3.19. The maximum Gasteiger partial charge on any atom is 0.224 e. The lowest BCUT2D eigenvalue weighted by molar-refractivity contribution is -0.116. The molecule has 0 bridgehead atoms. The average molecular weight is 343 g/mol. The number of nitrogens with zero attached hydrogens (tertiary/aromatic N) is 1. The average Bonchev–Trinajstić information content (AvgIpc) is 2.28. The standard InChI is InChI=1S/C13H20ClN3O.2ClH/c1-15-9-5-8-12(18)16-11-7-4-6-10(14)13(11)17(2)3;;/h4,6-7,15H,5,8-9H2,1-3H3,(H,16,18);2*1H. The van der Waals surface area contributed by atoms with Gasteiger partial charge in [-0.3, -0.25) is 4.79 Å². The molecule has 0 radical (unpaired) electrons. The van der Waals surface area contributed by atoms with Gasteiger partial charge in [-0.2, -0.15) is 0 Å². The highest BCUT2D eigenvalue weighted by Crippen LogP contribution is 2.32. The molecular weight excluding hydrogens is 321 g/mol. The van der Waals surface area contributed by atoms with Crippen molar-refractivity contribution in [3.8, 4) is 0 Å². The summed E-state index contributed by atoms with van der Waals surface area (Å²) in [5, 5.41) is 6.55. The van der Waals surface area contributed by atoms with Gasteiger partial charge in [0.25, 0.3) is 0 Å². The number of para-hydroxylation sites is 1. The van der Waals surface area contributed by atoms with E-state index in [1.807, 2.05) is 44.2 Å². The zero-order valence-electron chi connectivity index (χ0n) is 11.9. The molecule has 4 nitrogen and oxygen atoms in total. The molecule has 0 spiro atoms. The Balaban J connectivity index is 0. The zero-order chi connectivity index (χ0) is 13.5. The molecule has 1 aromatic rings. The molecule has 1 amide bonds. The number of rotatable bonds is 6. The number of carbonyl (C=O) groups is 1. The van der Waals surface area contributed by atoms with Crippen molar-refractivity contribution in [3.05, 3.63) is 23.2 Å². The summed E-state index contributed by atoms with van der Waals surface area (Å²) in [5.41, 5.74) is 1.59. The van der Waals surface area contributed by atoms with Crippen LogP contribution in [0.3, 0.4) is 0 Å². The van der Waals surface area contributed by atoms with Gasteiger partial charge in [0.05, 0.1) is 16.4 Å². The maximum atomic E-state index is 11.8. The number of halogens is 3. The summed E-state index contributed by atoms with van der Waals surface area (Å²) in [7, 11) is 5.68. The van der Waals surface area contributed by atoms with Crippen molar-refractivity contribution in [1.29, 1.82) is 0 Å². The lowest BCUT2D eigenvalue weighted by Gasteiger charge is -2.19. The molecule has 0 fully saturated rings. The molecule has 1 rings (SSSR count). The summed E-state index contributed by atoms with van der Waals surface area (Å²) in [5.74, 6) is 0.00983. The molecule has 20 heavy (non-hydrogen) atoms. The van der Waals surface area contributed by atoms with E-state index >= 15 is 0 Å². The molecule has 2 N–H and O–H groups in total. The Labute approximate surface area is 138 Å². The summed E-state index contributed by atoms with van der Waals surface area (Å²) >= 11 is 6.13. The molecule has 1 aromatic carbocycles. The first kappa shape index (κ1) is 21.6. The summed E-state index contributed by atoms with van der Waals surface area (Å²) in [4.78, 5) is 13.7. The smallest absolute Gasteiger partial charge is 0.224 e. The highest BCUT2D eigenvalue weighted by atomic mass is 35.5. The Kier molecular flexibility index (Phi) is 11.9. The third-order valence-electron chi connectivity index (χ3n) is 2.54. The lowest BCUT2D eigenvalue weighted by atomic mass is 10.2. The molecule has 0 unspecified atom stereocenters. The van der Waals surface area contributed by atoms with Crippen LogP contribution in [0, 0.1) is 0 Å². The Morgan fingerprint density at radius 3 is 2.50 bits per heavy atom. The molecule has 0 atom stereocenters. The third-order valence-corrected chi connectivity index (χ3v) is 2.84. The van der Waals surface area contributed by atoms with Gasteiger partial charge in [-0.25, -0.2) is 0 Å². The van der Waals surface area contributed by atoms with Crippen molar-refractivity contribution in [2.75, 3.05) is 37.9 Å². The van der Waals surface area contributed by atoms with Crippen molar-refractivity contribution in [2.24, 2.45) is 0 Å². The number of benzene rings is 1.